The first-order valence-electron chi connectivity index (χ1n) is 7.06. The Kier molecular flexibility index (Phi) is 4.97. The minimum Gasteiger partial charge on any atom is -0.858 e. The summed E-state index contributed by atoms with van der Waals surface area (Å²) in [4.78, 5) is 0.00926. The molecule has 0 spiro atoms. The molecule has 0 saturated heterocycles. The highest BCUT2D eigenvalue weighted by molar-refractivity contribution is 7.90. The molecule has 1 aromatic carbocycles. The summed E-state index contributed by atoms with van der Waals surface area (Å²) in [7, 11) is -1.64. The standard InChI is InChI=1S/C8H15N2.C7H5NO3S/c1-3-4-5-10-7-6-9(2)8-10;9-7-5-3-1-2-4-6(5)12(10,11)8-7/h6-8H,3-5H2,1-2H3;1-4H,(H,8,9)/q+1;/p-1. The number of unbranched alkanes of at least 4 members (excludes halogenated alkanes) is 1. The molecule has 3 rings (SSSR count). The summed E-state index contributed by atoms with van der Waals surface area (Å²) in [6.07, 6.45) is 8.82. The molecule has 1 aliphatic heterocycles. The topological polar surface area (TPSA) is 78.4 Å². The van der Waals surface area contributed by atoms with Crippen LogP contribution in [0, 0.1) is 0 Å². The van der Waals surface area contributed by atoms with Crippen molar-refractivity contribution in [3.8, 4) is 0 Å². The summed E-state index contributed by atoms with van der Waals surface area (Å²) in [6.45, 7) is 3.36. The molecule has 22 heavy (non-hydrogen) atoms. The monoisotopic (exact) mass is 321 g/mol. The molecule has 0 atom stereocenters. The summed E-state index contributed by atoms with van der Waals surface area (Å²) in [5.74, 6) is -0.675. The van der Waals surface area contributed by atoms with E-state index in [9.17, 15) is 13.5 Å². The molecular formula is C15H19N3O3S. The first kappa shape index (κ1) is 16.2. The lowest BCUT2D eigenvalue weighted by molar-refractivity contribution is -0.671. The van der Waals surface area contributed by atoms with Crippen LogP contribution in [-0.4, -0.2) is 18.9 Å². The minimum absolute atomic E-state index is 0.00926. The van der Waals surface area contributed by atoms with Gasteiger partial charge < -0.3 is 5.11 Å². The smallest absolute Gasteiger partial charge is 0.282 e. The number of benzene rings is 1. The van der Waals surface area contributed by atoms with Crippen LogP contribution in [0.3, 0.4) is 0 Å². The van der Waals surface area contributed by atoms with Gasteiger partial charge in [-0.25, -0.2) is 9.13 Å². The lowest BCUT2D eigenvalue weighted by Gasteiger charge is -2.01. The van der Waals surface area contributed by atoms with Gasteiger partial charge in [0.2, 0.25) is 6.33 Å². The van der Waals surface area contributed by atoms with Crippen molar-refractivity contribution in [3.63, 3.8) is 0 Å². The maximum atomic E-state index is 11.1. The van der Waals surface area contributed by atoms with Gasteiger partial charge in [-0.1, -0.05) is 31.5 Å². The quantitative estimate of drug-likeness (QED) is 0.777. The second kappa shape index (κ2) is 6.74. The SMILES string of the molecule is CCCCn1cc[n+](C)c1.O=S1(=O)N=C([O-])c2ccccc21. The summed E-state index contributed by atoms with van der Waals surface area (Å²) < 4.78 is 29.5. The van der Waals surface area contributed by atoms with Crippen LogP contribution >= 0.6 is 0 Å². The Balaban J connectivity index is 0.000000164. The second-order valence-electron chi connectivity index (χ2n) is 5.04. The maximum Gasteiger partial charge on any atom is 0.282 e. The highest BCUT2D eigenvalue weighted by Gasteiger charge is 2.22. The van der Waals surface area contributed by atoms with Gasteiger partial charge in [0, 0.05) is 11.5 Å². The molecule has 118 valence electrons. The zero-order valence-corrected chi connectivity index (χ0v) is 13.5. The van der Waals surface area contributed by atoms with Crippen LogP contribution in [0.4, 0.5) is 0 Å². The van der Waals surface area contributed by atoms with Gasteiger partial charge in [-0.2, -0.15) is 12.8 Å². The van der Waals surface area contributed by atoms with E-state index in [1.54, 1.807) is 12.1 Å². The molecule has 6 nitrogen and oxygen atoms in total. The molecule has 0 radical (unpaired) electrons. The minimum atomic E-state index is -3.68. The number of hydrogen-bond donors (Lipinski definition) is 0. The molecular weight excluding hydrogens is 302 g/mol. The normalized spacial score (nSPS) is 14.7. The second-order valence-corrected chi connectivity index (χ2v) is 6.61. The van der Waals surface area contributed by atoms with Gasteiger partial charge in [0.1, 0.15) is 12.4 Å². The van der Waals surface area contributed by atoms with Crippen molar-refractivity contribution in [1.29, 1.82) is 0 Å². The molecule has 1 aromatic heterocycles. The van der Waals surface area contributed by atoms with E-state index in [-0.39, 0.29) is 10.5 Å². The third kappa shape index (κ3) is 3.73. The van der Waals surface area contributed by atoms with Gasteiger partial charge in [0.05, 0.1) is 18.5 Å². The van der Waals surface area contributed by atoms with Crippen LogP contribution in [-0.2, 0) is 23.6 Å². The third-order valence-corrected chi connectivity index (χ3v) is 4.51. The molecule has 1 aliphatic rings. The Hall–Kier alpha value is -2.15. The van der Waals surface area contributed by atoms with Gasteiger partial charge >= 0.3 is 0 Å². The zero-order valence-electron chi connectivity index (χ0n) is 12.6. The molecule has 2 heterocycles. The molecule has 0 bridgehead atoms. The Morgan fingerprint density at radius 2 is 2.05 bits per heavy atom. The van der Waals surface area contributed by atoms with Crippen molar-refractivity contribution in [2.24, 2.45) is 11.4 Å². The highest BCUT2D eigenvalue weighted by Crippen LogP contribution is 2.23. The number of rotatable bonds is 3. The fourth-order valence-corrected chi connectivity index (χ4v) is 3.15. The van der Waals surface area contributed by atoms with Crippen molar-refractivity contribution in [1.82, 2.24) is 4.57 Å². The maximum absolute atomic E-state index is 11.1. The number of fused-ring (bicyclic) bond motifs is 1. The average Bonchev–Trinajstić information content (AvgIpc) is 3.00. The van der Waals surface area contributed by atoms with Crippen LogP contribution in [0.1, 0.15) is 25.3 Å². The van der Waals surface area contributed by atoms with Gasteiger partial charge in [-0.05, 0) is 12.5 Å². The van der Waals surface area contributed by atoms with Crippen molar-refractivity contribution >= 4 is 15.9 Å². The summed E-state index contributed by atoms with van der Waals surface area (Å²) in [5, 5.41) is 10.9. The van der Waals surface area contributed by atoms with E-state index in [0.29, 0.717) is 0 Å². The first-order valence-corrected chi connectivity index (χ1v) is 8.50. The van der Waals surface area contributed by atoms with E-state index in [0.717, 1.165) is 6.54 Å². The van der Waals surface area contributed by atoms with Crippen LogP contribution in [0.5, 0.6) is 0 Å². The van der Waals surface area contributed by atoms with Crippen molar-refractivity contribution < 1.29 is 18.1 Å². The summed E-state index contributed by atoms with van der Waals surface area (Å²) in [5.41, 5.74) is 0.164. The Morgan fingerprint density at radius 1 is 1.32 bits per heavy atom. The predicted molar refractivity (Wildman–Crippen MR) is 80.7 cm³/mol. The number of imidazole rings is 1. The Labute approximate surface area is 130 Å². The van der Waals surface area contributed by atoms with E-state index in [1.807, 2.05) is 7.05 Å². The van der Waals surface area contributed by atoms with Crippen molar-refractivity contribution in [2.75, 3.05) is 0 Å². The fourth-order valence-electron chi connectivity index (χ4n) is 2.05. The molecule has 0 N–H and O–H groups in total. The molecule has 2 aromatic rings. The zero-order chi connectivity index (χ0) is 16.2. The Morgan fingerprint density at radius 3 is 2.64 bits per heavy atom. The molecule has 0 aliphatic carbocycles. The number of aryl methyl sites for hydroxylation is 2. The lowest BCUT2D eigenvalue weighted by Crippen LogP contribution is -2.23. The number of hydrogen-bond acceptors (Lipinski definition) is 3. The first-order chi connectivity index (χ1) is 10.4. The van der Waals surface area contributed by atoms with Gasteiger partial charge in [-0.15, -0.1) is 0 Å². The van der Waals surface area contributed by atoms with E-state index < -0.39 is 15.9 Å². The van der Waals surface area contributed by atoms with Crippen LogP contribution in [0.25, 0.3) is 0 Å². The van der Waals surface area contributed by atoms with E-state index >= 15 is 0 Å². The van der Waals surface area contributed by atoms with Crippen molar-refractivity contribution in [2.45, 2.75) is 31.2 Å². The lowest BCUT2D eigenvalue weighted by atomic mass is 10.2. The molecule has 0 saturated carbocycles. The molecule has 0 amide bonds. The molecule has 0 unspecified atom stereocenters. The molecule has 0 fully saturated rings. The molecule has 7 heteroatoms. The fraction of sp³-hybridized carbons (Fsp3) is 0.333. The highest BCUT2D eigenvalue weighted by atomic mass is 32.2. The third-order valence-electron chi connectivity index (χ3n) is 3.19. The van der Waals surface area contributed by atoms with Crippen molar-refractivity contribution in [3.05, 3.63) is 48.5 Å². The largest absolute Gasteiger partial charge is 0.858 e. The number of sulfonamides is 1. The Bertz CT molecular complexity index is 779. The average molecular weight is 321 g/mol. The van der Waals surface area contributed by atoms with Gasteiger partial charge in [0.25, 0.3) is 10.0 Å². The predicted octanol–water partition coefficient (Wildman–Crippen LogP) is 0.609. The summed E-state index contributed by atoms with van der Waals surface area (Å²) in [6, 6.07) is 5.99. The van der Waals surface area contributed by atoms with E-state index in [1.165, 1.54) is 25.0 Å². The number of nitrogens with zero attached hydrogens (tertiary/aromatic N) is 3. The van der Waals surface area contributed by atoms with Crippen LogP contribution in [0.2, 0.25) is 0 Å². The number of aromatic nitrogens is 2. The van der Waals surface area contributed by atoms with E-state index in [4.69, 9.17) is 0 Å². The summed E-state index contributed by atoms with van der Waals surface area (Å²) >= 11 is 0. The van der Waals surface area contributed by atoms with E-state index in [2.05, 4.69) is 39.2 Å². The van der Waals surface area contributed by atoms with Crippen LogP contribution < -0.4 is 9.67 Å². The van der Waals surface area contributed by atoms with Gasteiger partial charge in [-0.3, -0.25) is 0 Å². The van der Waals surface area contributed by atoms with Gasteiger partial charge in [0.15, 0.2) is 0 Å². The van der Waals surface area contributed by atoms with Crippen LogP contribution in [0.15, 0.2) is 52.3 Å².